The number of rotatable bonds is 12. The molecule has 3 heteroatoms. The number of nitrogens with zero attached hydrogens (tertiary/aromatic N) is 1. The van der Waals surface area contributed by atoms with Gasteiger partial charge >= 0.3 is 0 Å². The fourth-order valence-corrected chi connectivity index (χ4v) is 9.45. The van der Waals surface area contributed by atoms with E-state index in [4.69, 9.17) is 0 Å². The molecular formula is C73H71F2N. The molecule has 0 N–H and O–H groups in total. The summed E-state index contributed by atoms with van der Waals surface area (Å²) in [5, 5.41) is 7.49. The zero-order valence-corrected chi connectivity index (χ0v) is 44.9. The van der Waals surface area contributed by atoms with Gasteiger partial charge in [0.25, 0.3) is 0 Å². The van der Waals surface area contributed by atoms with Crippen LogP contribution < -0.4 is 4.90 Å². The summed E-state index contributed by atoms with van der Waals surface area (Å²) in [6.45, 7) is 14.3. The van der Waals surface area contributed by atoms with Crippen molar-refractivity contribution in [2.75, 3.05) is 11.4 Å². The van der Waals surface area contributed by atoms with Crippen LogP contribution >= 0.6 is 0 Å². The summed E-state index contributed by atoms with van der Waals surface area (Å²) in [4.78, 5) is 2.37. The van der Waals surface area contributed by atoms with Gasteiger partial charge in [0.15, 0.2) is 0 Å². The van der Waals surface area contributed by atoms with Crippen molar-refractivity contribution in [2.45, 2.75) is 66.7 Å². The van der Waals surface area contributed by atoms with Crippen LogP contribution in [0.5, 0.6) is 0 Å². The number of hydrogen-bond acceptors (Lipinski definition) is 1. The van der Waals surface area contributed by atoms with Crippen molar-refractivity contribution in [3.8, 4) is 11.1 Å². The molecular weight excluding hydrogens is 929 g/mol. The Labute approximate surface area is 451 Å². The van der Waals surface area contributed by atoms with Crippen LogP contribution in [0.1, 0.15) is 74.3 Å². The molecule has 0 unspecified atom stereocenters. The van der Waals surface area contributed by atoms with Gasteiger partial charge in [-0.05, 0) is 147 Å². The van der Waals surface area contributed by atoms with Gasteiger partial charge in [-0.25, -0.2) is 8.78 Å². The molecule has 11 rings (SSSR count). The maximum absolute atomic E-state index is 14.3. The van der Waals surface area contributed by atoms with Crippen molar-refractivity contribution in [3.05, 3.63) is 301 Å². The number of halogens is 2. The quantitative estimate of drug-likeness (QED) is 0.0871. The van der Waals surface area contributed by atoms with E-state index < -0.39 is 5.83 Å². The molecule has 0 radical (unpaired) electrons. The number of benzene rings is 10. The highest BCUT2D eigenvalue weighted by Crippen LogP contribution is 2.42. The smallest absolute Gasteiger partial charge is 0.127 e. The molecule has 0 spiro atoms. The Bertz CT molecular complexity index is 3450. The third-order valence-electron chi connectivity index (χ3n) is 13.1. The summed E-state index contributed by atoms with van der Waals surface area (Å²) in [6.07, 6.45) is 17.5. The summed E-state index contributed by atoms with van der Waals surface area (Å²) in [7, 11) is 0. The van der Waals surface area contributed by atoms with E-state index in [1.54, 1.807) is 6.07 Å². The van der Waals surface area contributed by atoms with Crippen molar-refractivity contribution < 1.29 is 8.78 Å². The SMILES string of the molecule is C1=CCCC=C1.C=C(F)/C=C(\C=C(/CN(c1ccccc1)c1ccc2ccc3cccc4ccc1c2c34)c1ccccc1)c1ccccc1.CC.CCCCc1c(F)cc(C)cc1-c1ccccc1.Cc1ccccc1. The van der Waals surface area contributed by atoms with Gasteiger partial charge in [0, 0.05) is 23.3 Å². The molecule has 1 aliphatic rings. The average molecular weight is 1000 g/mol. The number of unbranched alkanes of at least 4 members (excludes halogenated alkanes) is 1. The molecule has 10 aromatic rings. The normalized spacial score (nSPS) is 11.8. The van der Waals surface area contributed by atoms with E-state index in [1.807, 2.05) is 124 Å². The maximum Gasteiger partial charge on any atom is 0.127 e. The van der Waals surface area contributed by atoms with Crippen molar-refractivity contribution in [1.29, 1.82) is 0 Å². The first-order valence-electron chi connectivity index (χ1n) is 26.8. The van der Waals surface area contributed by atoms with Crippen LogP contribution in [0.15, 0.2) is 267 Å². The van der Waals surface area contributed by atoms with Gasteiger partial charge in [0.2, 0.25) is 0 Å². The average Bonchev–Trinajstić information content (AvgIpc) is 3.55. The highest BCUT2D eigenvalue weighted by atomic mass is 19.1. The Morgan fingerprint density at radius 3 is 1.62 bits per heavy atom. The van der Waals surface area contributed by atoms with E-state index in [1.165, 1.54) is 56.8 Å². The first-order chi connectivity index (χ1) is 37.3. The minimum Gasteiger partial charge on any atom is -0.336 e. The van der Waals surface area contributed by atoms with Crippen LogP contribution in [0.25, 0.3) is 54.6 Å². The van der Waals surface area contributed by atoms with Crippen LogP contribution in [0.2, 0.25) is 0 Å². The van der Waals surface area contributed by atoms with Gasteiger partial charge in [-0.15, -0.1) is 0 Å². The minimum atomic E-state index is -0.478. The first kappa shape index (κ1) is 55.4. The van der Waals surface area contributed by atoms with Crippen LogP contribution in [0.3, 0.4) is 0 Å². The predicted octanol–water partition coefficient (Wildman–Crippen LogP) is 21.4. The van der Waals surface area contributed by atoms with Crippen LogP contribution in [-0.2, 0) is 6.42 Å². The highest BCUT2D eigenvalue weighted by Gasteiger charge is 2.19. The lowest BCUT2D eigenvalue weighted by atomic mass is 9.92. The molecule has 76 heavy (non-hydrogen) atoms. The topological polar surface area (TPSA) is 3.24 Å². The minimum absolute atomic E-state index is 0.0673. The number of hydrogen-bond donors (Lipinski definition) is 0. The first-order valence-corrected chi connectivity index (χ1v) is 26.8. The van der Waals surface area contributed by atoms with Gasteiger partial charge in [0.05, 0.1) is 0 Å². The second kappa shape index (κ2) is 28.9. The summed E-state index contributed by atoms with van der Waals surface area (Å²) >= 11 is 0. The van der Waals surface area contributed by atoms with Gasteiger partial charge in [0.1, 0.15) is 11.6 Å². The maximum atomic E-state index is 14.3. The molecule has 0 bridgehead atoms. The standard InChI is InChI=1S/C41H30FN.C17H19F.C7H8.C6H8.C2H6/c1-29(42)26-35(30-12-5-2-6-13-30)27-36(31-14-7-3-8-15-31)28-43(37-18-9-4-10-19-37)39-25-23-34-21-20-32-16-11-17-33-22-24-38(39)41(34)40(32)33;1-3-4-10-15-16(11-13(2)12-17(15)18)14-8-6-5-7-9-14;1-7-5-3-2-4-6-7;1-2-4-6-5-3-1;1-2/h2-27H,1,28H2;5-9,11-12H,3-4,10H2,1-2H3;2-6H,1H3;1-4H,5-6H2;1-2H3/b35-26+,36-27+;;;;. The van der Waals surface area contributed by atoms with Crippen molar-refractivity contribution in [2.24, 2.45) is 0 Å². The second-order valence-corrected chi connectivity index (χ2v) is 18.6. The lowest BCUT2D eigenvalue weighted by molar-refractivity contribution is 0.603. The van der Waals surface area contributed by atoms with Gasteiger partial charge < -0.3 is 4.90 Å². The number of aryl methyl sites for hydroxylation is 2. The van der Waals surface area contributed by atoms with E-state index in [0.29, 0.717) is 6.54 Å². The lowest BCUT2D eigenvalue weighted by Gasteiger charge is -2.29. The van der Waals surface area contributed by atoms with Gasteiger partial charge in [-0.3, -0.25) is 0 Å². The Morgan fingerprint density at radius 1 is 0.553 bits per heavy atom. The number of para-hydroxylation sites is 1. The molecule has 0 aliphatic heterocycles. The molecule has 0 atom stereocenters. The van der Waals surface area contributed by atoms with E-state index in [0.717, 1.165) is 75.2 Å². The Kier molecular flexibility index (Phi) is 21.0. The summed E-state index contributed by atoms with van der Waals surface area (Å²) in [6, 6.07) is 74.7. The van der Waals surface area contributed by atoms with E-state index in [-0.39, 0.29) is 5.82 Å². The predicted molar refractivity (Wildman–Crippen MR) is 328 cm³/mol. The third-order valence-corrected chi connectivity index (χ3v) is 13.1. The molecule has 0 heterocycles. The molecule has 0 saturated heterocycles. The monoisotopic (exact) mass is 1000 g/mol. The molecule has 10 aromatic carbocycles. The fraction of sp³-hybridized carbons (Fsp3) is 0.151. The van der Waals surface area contributed by atoms with Crippen molar-refractivity contribution in [3.63, 3.8) is 0 Å². The van der Waals surface area contributed by atoms with Crippen LogP contribution in [0.4, 0.5) is 20.2 Å². The molecule has 382 valence electrons. The molecule has 0 amide bonds. The van der Waals surface area contributed by atoms with Crippen molar-refractivity contribution in [1.82, 2.24) is 0 Å². The molecule has 1 aliphatic carbocycles. The molecule has 1 nitrogen and oxygen atoms in total. The van der Waals surface area contributed by atoms with E-state index in [2.05, 4.69) is 165 Å². The summed E-state index contributed by atoms with van der Waals surface area (Å²) in [5.41, 5.74) is 11.4. The zero-order chi connectivity index (χ0) is 53.5. The molecule has 0 fully saturated rings. The largest absolute Gasteiger partial charge is 0.336 e. The third kappa shape index (κ3) is 15.1. The van der Waals surface area contributed by atoms with E-state index in [9.17, 15) is 8.78 Å². The number of allylic oxidation sites excluding steroid dienone is 8. The van der Waals surface area contributed by atoms with Crippen LogP contribution in [-0.4, -0.2) is 6.54 Å². The Hall–Kier alpha value is -8.40. The molecule has 0 aromatic heterocycles. The Balaban J connectivity index is 0.000000206. The highest BCUT2D eigenvalue weighted by molar-refractivity contribution is 6.25. The van der Waals surface area contributed by atoms with Gasteiger partial charge in [-0.1, -0.05) is 258 Å². The van der Waals surface area contributed by atoms with Gasteiger partial charge in [-0.2, -0.15) is 0 Å². The summed E-state index contributed by atoms with van der Waals surface area (Å²) < 4.78 is 28.5. The van der Waals surface area contributed by atoms with Crippen LogP contribution in [0, 0.1) is 19.7 Å². The van der Waals surface area contributed by atoms with E-state index >= 15 is 0 Å². The fourth-order valence-electron chi connectivity index (χ4n) is 9.45. The number of anilines is 2. The second-order valence-electron chi connectivity index (χ2n) is 18.6. The lowest BCUT2D eigenvalue weighted by Crippen LogP contribution is -2.20. The summed E-state index contributed by atoms with van der Waals surface area (Å²) in [5.74, 6) is -0.545. The van der Waals surface area contributed by atoms with Crippen molar-refractivity contribution >= 4 is 54.8 Å². The molecule has 0 saturated carbocycles. The Morgan fingerprint density at radius 2 is 1.08 bits per heavy atom. The zero-order valence-electron chi connectivity index (χ0n) is 44.9.